The Labute approximate surface area is 179 Å². The molecule has 1 heterocycles. The fourth-order valence-corrected chi connectivity index (χ4v) is 5.78. The average Bonchev–Trinajstić information content (AvgIpc) is 3.03. The van der Waals surface area contributed by atoms with Crippen molar-refractivity contribution in [2.45, 2.75) is 90.9 Å². The minimum Gasteiger partial charge on any atom is -0.394 e. The summed E-state index contributed by atoms with van der Waals surface area (Å²) in [5, 5.41) is 32.7. The van der Waals surface area contributed by atoms with Crippen molar-refractivity contribution in [2.75, 3.05) is 13.2 Å². The summed E-state index contributed by atoms with van der Waals surface area (Å²) in [5.41, 5.74) is 2.92. The van der Waals surface area contributed by atoms with Gasteiger partial charge in [0.15, 0.2) is 6.29 Å². The van der Waals surface area contributed by atoms with Gasteiger partial charge in [0, 0.05) is 6.92 Å². The Balaban J connectivity index is 1.76. The predicted octanol–water partition coefficient (Wildman–Crippen LogP) is 1.75. The van der Waals surface area contributed by atoms with Crippen LogP contribution in [0.1, 0.15) is 60.3 Å². The van der Waals surface area contributed by atoms with Crippen LogP contribution in [0, 0.1) is 23.2 Å². The van der Waals surface area contributed by atoms with Crippen molar-refractivity contribution < 1.29 is 29.6 Å². The number of fused-ring (bicyclic) bond motifs is 1. The zero-order valence-corrected chi connectivity index (χ0v) is 18.9. The minimum atomic E-state index is -1.30. The summed E-state index contributed by atoms with van der Waals surface area (Å²) in [6.07, 6.45) is 0.304. The lowest BCUT2D eigenvalue weighted by atomic mass is 9.63. The van der Waals surface area contributed by atoms with E-state index < -0.39 is 37.3 Å². The number of allylic oxidation sites excluding steroid dienone is 1. The maximum atomic E-state index is 11.6. The van der Waals surface area contributed by atoms with Crippen LogP contribution in [0.2, 0.25) is 0 Å². The molecule has 8 unspecified atom stereocenters. The lowest BCUT2D eigenvalue weighted by Gasteiger charge is -2.43. The van der Waals surface area contributed by atoms with Gasteiger partial charge in [-0.25, -0.2) is 0 Å². The second-order valence-electron chi connectivity index (χ2n) is 10.4. The molecule has 4 N–H and O–H groups in total. The van der Waals surface area contributed by atoms with Crippen LogP contribution in [0.25, 0.3) is 0 Å². The van der Waals surface area contributed by atoms with Gasteiger partial charge in [-0.2, -0.15) is 0 Å². The lowest BCUT2D eigenvalue weighted by Crippen LogP contribution is -2.64. The Morgan fingerprint density at radius 2 is 1.93 bits per heavy atom. The number of amides is 1. The molecule has 3 aliphatic rings. The van der Waals surface area contributed by atoms with E-state index >= 15 is 0 Å². The maximum Gasteiger partial charge on any atom is 0.217 e. The highest BCUT2D eigenvalue weighted by Crippen LogP contribution is 2.54. The van der Waals surface area contributed by atoms with Crippen molar-refractivity contribution in [3.05, 3.63) is 11.1 Å². The summed E-state index contributed by atoms with van der Waals surface area (Å²) in [5.74, 6) is 1.71. The Hall–Kier alpha value is -0.990. The van der Waals surface area contributed by atoms with Crippen LogP contribution in [0.4, 0.5) is 0 Å². The fourth-order valence-electron chi connectivity index (χ4n) is 5.78. The van der Waals surface area contributed by atoms with E-state index in [1.807, 2.05) is 0 Å². The molecule has 172 valence electrons. The van der Waals surface area contributed by atoms with Gasteiger partial charge < -0.3 is 30.1 Å². The molecule has 0 bridgehead atoms. The summed E-state index contributed by atoms with van der Waals surface area (Å²) in [7, 11) is 0. The summed E-state index contributed by atoms with van der Waals surface area (Å²) < 4.78 is 11.7. The molecule has 7 nitrogen and oxygen atoms in total. The minimum absolute atomic E-state index is 0.263. The van der Waals surface area contributed by atoms with Gasteiger partial charge in [0.1, 0.15) is 24.4 Å². The number of hydrogen-bond acceptors (Lipinski definition) is 6. The van der Waals surface area contributed by atoms with Crippen molar-refractivity contribution >= 4 is 5.91 Å². The largest absolute Gasteiger partial charge is 0.394 e. The predicted molar refractivity (Wildman–Crippen MR) is 112 cm³/mol. The van der Waals surface area contributed by atoms with Crippen LogP contribution < -0.4 is 5.32 Å². The van der Waals surface area contributed by atoms with Gasteiger partial charge in [-0.1, -0.05) is 26.3 Å². The van der Waals surface area contributed by atoms with E-state index in [2.05, 4.69) is 33.0 Å². The van der Waals surface area contributed by atoms with Crippen LogP contribution >= 0.6 is 0 Å². The molecule has 1 amide bonds. The molecule has 3 rings (SSSR count). The van der Waals surface area contributed by atoms with E-state index in [9.17, 15) is 20.1 Å². The number of rotatable bonds is 5. The molecule has 7 heteroatoms. The van der Waals surface area contributed by atoms with Gasteiger partial charge in [0.05, 0.1) is 13.2 Å². The second kappa shape index (κ2) is 9.25. The van der Waals surface area contributed by atoms with E-state index in [-0.39, 0.29) is 11.3 Å². The third-order valence-corrected chi connectivity index (χ3v) is 7.35. The van der Waals surface area contributed by atoms with Crippen LogP contribution in [-0.2, 0) is 14.3 Å². The van der Waals surface area contributed by atoms with Gasteiger partial charge in [0.25, 0.3) is 0 Å². The van der Waals surface area contributed by atoms with E-state index in [0.717, 1.165) is 12.3 Å². The molecule has 30 heavy (non-hydrogen) atoms. The third kappa shape index (κ3) is 4.91. The van der Waals surface area contributed by atoms with Crippen LogP contribution in [0.3, 0.4) is 0 Å². The monoisotopic (exact) mass is 425 g/mol. The molecule has 0 aromatic heterocycles. The molecular formula is C23H39NO6. The number of carbonyl (C=O) groups is 1. The van der Waals surface area contributed by atoms with Crippen molar-refractivity contribution in [1.82, 2.24) is 5.32 Å². The highest BCUT2D eigenvalue weighted by Gasteiger charge is 2.46. The molecule has 0 radical (unpaired) electrons. The molecule has 0 spiro atoms. The zero-order chi connectivity index (χ0) is 22.2. The van der Waals surface area contributed by atoms with Gasteiger partial charge in [-0.05, 0) is 61.3 Å². The summed E-state index contributed by atoms with van der Waals surface area (Å²) in [6, 6.07) is -0.903. The quantitative estimate of drug-likeness (QED) is 0.500. The number of nitrogens with one attached hydrogen (secondary N) is 1. The van der Waals surface area contributed by atoms with Gasteiger partial charge in [0.2, 0.25) is 5.91 Å². The Bertz CT molecular complexity index is 662. The topological polar surface area (TPSA) is 108 Å². The number of aliphatic hydroxyl groups is 3. The van der Waals surface area contributed by atoms with E-state index in [1.54, 1.807) is 0 Å². The maximum absolute atomic E-state index is 11.6. The average molecular weight is 426 g/mol. The van der Waals surface area contributed by atoms with Crippen LogP contribution in [0.5, 0.6) is 0 Å². The van der Waals surface area contributed by atoms with Crippen LogP contribution in [-0.4, -0.2) is 65.1 Å². The molecule has 2 aliphatic carbocycles. The smallest absolute Gasteiger partial charge is 0.217 e. The number of aliphatic hydroxyl groups excluding tert-OH is 3. The van der Waals surface area contributed by atoms with Crippen molar-refractivity contribution in [2.24, 2.45) is 23.2 Å². The van der Waals surface area contributed by atoms with E-state index in [4.69, 9.17) is 9.47 Å². The summed E-state index contributed by atoms with van der Waals surface area (Å²) in [6.45, 7) is 10.4. The fraction of sp³-hybridized carbons (Fsp3) is 0.870. The lowest BCUT2D eigenvalue weighted by molar-refractivity contribution is -0.267. The van der Waals surface area contributed by atoms with Gasteiger partial charge in [-0.15, -0.1) is 0 Å². The molecule has 1 aliphatic heterocycles. The first kappa shape index (κ1) is 23.7. The molecular weight excluding hydrogens is 386 g/mol. The van der Waals surface area contributed by atoms with Crippen molar-refractivity contribution in [3.8, 4) is 0 Å². The summed E-state index contributed by atoms with van der Waals surface area (Å²) in [4.78, 5) is 11.6. The molecule has 2 saturated carbocycles. The van der Waals surface area contributed by atoms with Crippen molar-refractivity contribution in [3.63, 3.8) is 0 Å². The zero-order valence-electron chi connectivity index (χ0n) is 18.9. The number of ether oxygens (including phenoxy) is 2. The van der Waals surface area contributed by atoms with Crippen LogP contribution in [0.15, 0.2) is 11.1 Å². The molecule has 0 aromatic rings. The van der Waals surface area contributed by atoms with Gasteiger partial charge >= 0.3 is 0 Å². The SMILES string of the molecule is CC(=O)NC1C(OCC(C)=C2CC(C)(C)CC3C(C)CCC23)OC(CO)C(O)C1O. The van der Waals surface area contributed by atoms with Crippen molar-refractivity contribution in [1.29, 1.82) is 0 Å². The normalized spacial score (nSPS) is 42.5. The molecule has 8 atom stereocenters. The number of hydrogen-bond donors (Lipinski definition) is 4. The Morgan fingerprint density at radius 3 is 2.57 bits per heavy atom. The number of carbonyl (C=O) groups excluding carboxylic acids is 1. The highest BCUT2D eigenvalue weighted by atomic mass is 16.7. The Kier molecular flexibility index (Phi) is 7.30. The standard InChI is InChI=1S/C23H39NO6/c1-12-6-7-15-16(12)8-23(4,5)9-17(15)13(2)11-29-22-19(24-14(3)26)21(28)20(27)18(10-25)30-22/h12,15-16,18-22,25,27-28H,6-11H2,1-5H3,(H,24,26). The van der Waals surface area contributed by atoms with Gasteiger partial charge in [-0.3, -0.25) is 4.79 Å². The first-order valence-electron chi connectivity index (χ1n) is 11.2. The first-order chi connectivity index (χ1) is 14.0. The molecule has 0 aromatic carbocycles. The molecule has 3 fully saturated rings. The highest BCUT2D eigenvalue weighted by molar-refractivity contribution is 5.73. The third-order valence-electron chi connectivity index (χ3n) is 7.35. The first-order valence-corrected chi connectivity index (χ1v) is 11.2. The summed E-state index contributed by atoms with van der Waals surface area (Å²) >= 11 is 0. The molecule has 1 saturated heterocycles. The second-order valence-corrected chi connectivity index (χ2v) is 10.4. The Morgan fingerprint density at radius 1 is 1.23 bits per heavy atom. The van der Waals surface area contributed by atoms with E-state index in [0.29, 0.717) is 18.4 Å². The van der Waals surface area contributed by atoms with E-state index in [1.165, 1.54) is 37.3 Å².